The molecular formula is C22H20F3N3O2. The van der Waals surface area contributed by atoms with Crippen LogP contribution < -0.4 is 9.91 Å². The number of hydrazone groups is 1. The molecule has 2 aromatic carbocycles. The van der Waals surface area contributed by atoms with Gasteiger partial charge in [-0.05, 0) is 49.2 Å². The predicted molar refractivity (Wildman–Crippen MR) is 107 cm³/mol. The van der Waals surface area contributed by atoms with Crippen molar-refractivity contribution in [1.29, 1.82) is 0 Å². The fourth-order valence-corrected chi connectivity index (χ4v) is 4.86. The molecule has 1 saturated heterocycles. The summed E-state index contributed by atoms with van der Waals surface area (Å²) in [6.07, 6.45) is -4.28. The molecule has 1 fully saturated rings. The first-order valence-corrected chi connectivity index (χ1v) is 9.82. The van der Waals surface area contributed by atoms with Crippen molar-refractivity contribution in [3.63, 3.8) is 0 Å². The Balaban J connectivity index is 1.64. The fourth-order valence-electron chi connectivity index (χ4n) is 4.86. The SMILES string of the molecule is CC1=NN(c2ccccc2)C(=O)[C@]12Cc1cc(C(F)(F)F)ccc1N1CCOC[C@@H]12. The molecule has 2 aromatic rings. The number of halogens is 3. The number of alkyl halides is 3. The molecule has 3 aliphatic rings. The summed E-state index contributed by atoms with van der Waals surface area (Å²) < 4.78 is 45.8. The van der Waals surface area contributed by atoms with Gasteiger partial charge >= 0.3 is 6.18 Å². The Kier molecular flexibility index (Phi) is 4.18. The van der Waals surface area contributed by atoms with E-state index in [1.54, 1.807) is 19.1 Å². The third kappa shape index (κ3) is 2.66. The third-order valence-electron chi connectivity index (χ3n) is 6.35. The zero-order valence-electron chi connectivity index (χ0n) is 16.3. The Morgan fingerprint density at radius 2 is 1.93 bits per heavy atom. The van der Waals surface area contributed by atoms with Gasteiger partial charge < -0.3 is 9.64 Å². The maximum Gasteiger partial charge on any atom is 0.416 e. The van der Waals surface area contributed by atoms with Crippen LogP contribution in [0.5, 0.6) is 0 Å². The molecule has 0 N–H and O–H groups in total. The number of ether oxygens (including phenoxy) is 1. The zero-order chi connectivity index (χ0) is 21.1. The lowest BCUT2D eigenvalue weighted by molar-refractivity contribution is -0.137. The molecule has 5 rings (SSSR count). The zero-order valence-corrected chi connectivity index (χ0v) is 16.3. The van der Waals surface area contributed by atoms with Gasteiger partial charge in [-0.1, -0.05) is 18.2 Å². The highest BCUT2D eigenvalue weighted by Crippen LogP contribution is 2.48. The van der Waals surface area contributed by atoms with Crippen LogP contribution in [-0.2, 0) is 22.1 Å². The van der Waals surface area contributed by atoms with E-state index in [9.17, 15) is 18.0 Å². The van der Waals surface area contributed by atoms with Crippen molar-refractivity contribution in [1.82, 2.24) is 0 Å². The number of fused-ring (bicyclic) bond motifs is 4. The van der Waals surface area contributed by atoms with Crippen molar-refractivity contribution >= 4 is 23.0 Å². The summed E-state index contributed by atoms with van der Waals surface area (Å²) in [7, 11) is 0. The number of amides is 1. The van der Waals surface area contributed by atoms with Crippen LogP contribution in [0, 0.1) is 5.41 Å². The van der Waals surface area contributed by atoms with Crippen LogP contribution in [0.4, 0.5) is 24.5 Å². The Hall–Kier alpha value is -2.87. The standard InChI is InChI=1S/C22H20F3N3O2/c1-14-21(20(29)28(26-14)17-5-3-2-4-6-17)12-15-11-16(22(23,24)25)7-8-18(15)27-9-10-30-13-19(21)27/h2-8,11,19H,9-10,12-13H2,1H3/t19-,21-/m1/s1. The number of nitrogens with zero attached hydrogens (tertiary/aromatic N) is 3. The van der Waals surface area contributed by atoms with Crippen molar-refractivity contribution in [3.8, 4) is 0 Å². The second kappa shape index (κ2) is 6.57. The van der Waals surface area contributed by atoms with Crippen molar-refractivity contribution < 1.29 is 22.7 Å². The first kappa shape index (κ1) is 19.1. The Labute approximate surface area is 171 Å². The first-order chi connectivity index (χ1) is 14.3. The first-order valence-electron chi connectivity index (χ1n) is 9.82. The molecule has 1 spiro atoms. The highest BCUT2D eigenvalue weighted by molar-refractivity contribution is 6.20. The monoisotopic (exact) mass is 415 g/mol. The van der Waals surface area contributed by atoms with Crippen molar-refractivity contribution in [2.75, 3.05) is 29.7 Å². The van der Waals surface area contributed by atoms with E-state index in [0.29, 0.717) is 36.7 Å². The smallest absolute Gasteiger partial charge is 0.377 e. The van der Waals surface area contributed by atoms with Crippen LogP contribution in [0.3, 0.4) is 0 Å². The molecule has 0 bridgehead atoms. The van der Waals surface area contributed by atoms with Gasteiger partial charge in [-0.15, -0.1) is 0 Å². The molecule has 156 valence electrons. The number of carbonyl (C=O) groups excluding carboxylic acids is 1. The number of rotatable bonds is 1. The minimum Gasteiger partial charge on any atom is -0.377 e. The lowest BCUT2D eigenvalue weighted by Gasteiger charge is -2.50. The van der Waals surface area contributed by atoms with Crippen LogP contribution in [0.25, 0.3) is 0 Å². The van der Waals surface area contributed by atoms with Crippen LogP contribution >= 0.6 is 0 Å². The van der Waals surface area contributed by atoms with Crippen molar-refractivity contribution in [3.05, 3.63) is 59.7 Å². The lowest BCUT2D eigenvalue weighted by Crippen LogP contribution is -2.64. The van der Waals surface area contributed by atoms with Gasteiger partial charge in [0, 0.05) is 12.2 Å². The van der Waals surface area contributed by atoms with Gasteiger partial charge in [-0.2, -0.15) is 23.3 Å². The van der Waals surface area contributed by atoms with Crippen LogP contribution in [0.1, 0.15) is 18.1 Å². The average molecular weight is 415 g/mol. The normalized spacial score (nSPS) is 25.9. The van der Waals surface area contributed by atoms with E-state index in [-0.39, 0.29) is 18.4 Å². The Morgan fingerprint density at radius 1 is 1.17 bits per heavy atom. The Bertz CT molecular complexity index is 1040. The summed E-state index contributed by atoms with van der Waals surface area (Å²) >= 11 is 0. The van der Waals surface area contributed by atoms with Crippen molar-refractivity contribution in [2.24, 2.45) is 10.5 Å². The van der Waals surface area contributed by atoms with E-state index in [2.05, 4.69) is 5.10 Å². The summed E-state index contributed by atoms with van der Waals surface area (Å²) in [5.41, 5.74) is 0.717. The molecule has 0 saturated carbocycles. The molecule has 3 heterocycles. The number of para-hydroxylation sites is 1. The summed E-state index contributed by atoms with van der Waals surface area (Å²) in [5.74, 6) is -0.227. The number of anilines is 2. The van der Waals surface area contributed by atoms with E-state index in [1.807, 2.05) is 23.1 Å². The Morgan fingerprint density at radius 3 is 2.67 bits per heavy atom. The summed E-state index contributed by atoms with van der Waals surface area (Å²) in [5, 5.41) is 5.92. The average Bonchev–Trinajstić information content (AvgIpc) is 2.99. The van der Waals surface area contributed by atoms with E-state index in [0.717, 1.165) is 11.8 Å². The second-order valence-electron chi connectivity index (χ2n) is 7.91. The van der Waals surface area contributed by atoms with Crippen LogP contribution in [0.2, 0.25) is 0 Å². The van der Waals surface area contributed by atoms with Gasteiger partial charge in [-0.3, -0.25) is 4.79 Å². The van der Waals surface area contributed by atoms with E-state index in [4.69, 9.17) is 4.74 Å². The number of hydrogen-bond acceptors (Lipinski definition) is 4. The molecule has 0 aromatic heterocycles. The number of benzene rings is 2. The quantitative estimate of drug-likeness (QED) is 0.710. The van der Waals surface area contributed by atoms with Crippen LogP contribution in [0.15, 0.2) is 53.6 Å². The van der Waals surface area contributed by atoms with Gasteiger partial charge in [0.05, 0.1) is 36.2 Å². The minimum atomic E-state index is -4.44. The fraction of sp³-hybridized carbons (Fsp3) is 0.364. The maximum atomic E-state index is 13.7. The topological polar surface area (TPSA) is 45.1 Å². The molecule has 5 nitrogen and oxygen atoms in total. The van der Waals surface area contributed by atoms with Crippen LogP contribution in [-0.4, -0.2) is 37.4 Å². The summed E-state index contributed by atoms with van der Waals surface area (Å²) in [6, 6.07) is 12.6. The number of carbonyl (C=O) groups is 1. The molecule has 0 unspecified atom stereocenters. The van der Waals surface area contributed by atoms with Gasteiger partial charge in [-0.25, -0.2) is 0 Å². The molecule has 30 heavy (non-hydrogen) atoms. The van der Waals surface area contributed by atoms with Gasteiger partial charge in [0.2, 0.25) is 0 Å². The number of morpholine rings is 1. The van der Waals surface area contributed by atoms with Gasteiger partial charge in [0.25, 0.3) is 5.91 Å². The predicted octanol–water partition coefficient (Wildman–Crippen LogP) is 3.88. The highest BCUT2D eigenvalue weighted by Gasteiger charge is 2.59. The van der Waals surface area contributed by atoms with Crippen molar-refractivity contribution in [2.45, 2.75) is 25.6 Å². The summed E-state index contributed by atoms with van der Waals surface area (Å²) in [4.78, 5) is 15.8. The summed E-state index contributed by atoms with van der Waals surface area (Å²) in [6.45, 7) is 3.07. The molecule has 0 radical (unpaired) electrons. The lowest BCUT2D eigenvalue weighted by atomic mass is 9.67. The molecule has 0 aliphatic carbocycles. The van der Waals surface area contributed by atoms with E-state index in [1.165, 1.54) is 17.1 Å². The molecule has 1 amide bonds. The minimum absolute atomic E-state index is 0.161. The van der Waals surface area contributed by atoms with E-state index >= 15 is 0 Å². The molecule has 2 atom stereocenters. The van der Waals surface area contributed by atoms with Gasteiger partial charge in [0.1, 0.15) is 5.41 Å². The number of hydrogen-bond donors (Lipinski definition) is 0. The third-order valence-corrected chi connectivity index (χ3v) is 6.35. The second-order valence-corrected chi connectivity index (χ2v) is 7.91. The molecular weight excluding hydrogens is 395 g/mol. The molecule has 8 heteroatoms. The van der Waals surface area contributed by atoms with E-state index < -0.39 is 17.2 Å². The maximum absolute atomic E-state index is 13.7. The largest absolute Gasteiger partial charge is 0.416 e. The van der Waals surface area contributed by atoms with Gasteiger partial charge in [0.15, 0.2) is 0 Å². The highest BCUT2D eigenvalue weighted by atomic mass is 19.4. The molecule has 3 aliphatic heterocycles.